The number of benzene rings is 1. The van der Waals surface area contributed by atoms with Gasteiger partial charge in [-0.3, -0.25) is 9.59 Å². The fraction of sp³-hybridized carbons (Fsp3) is 0.400. The Balaban J connectivity index is 1.79. The van der Waals surface area contributed by atoms with Crippen molar-refractivity contribution in [1.29, 1.82) is 0 Å². The van der Waals surface area contributed by atoms with E-state index in [1.807, 2.05) is 6.08 Å². The number of esters is 2. The number of hydrogen-bond donors (Lipinski definition) is 1. The smallest absolute Gasteiger partial charge is 0.342 e. The first kappa shape index (κ1) is 21.9. The zero-order valence-corrected chi connectivity index (χ0v) is 18.0. The van der Waals surface area contributed by atoms with Crippen LogP contribution in [0.1, 0.15) is 85.0 Å². The van der Waals surface area contributed by atoms with Gasteiger partial charge in [0.2, 0.25) is 0 Å². The Hall–Kier alpha value is -3.35. The Labute approximate surface area is 186 Å². The van der Waals surface area contributed by atoms with Gasteiger partial charge in [0.1, 0.15) is 28.6 Å². The summed E-state index contributed by atoms with van der Waals surface area (Å²) in [7, 11) is 0. The molecule has 2 aliphatic heterocycles. The molecule has 3 heterocycles. The van der Waals surface area contributed by atoms with Gasteiger partial charge in [0.05, 0.1) is 24.7 Å². The first-order valence-electron chi connectivity index (χ1n) is 11.0. The second-order valence-corrected chi connectivity index (χ2v) is 8.29. The number of rotatable bonds is 1. The van der Waals surface area contributed by atoms with E-state index in [2.05, 4.69) is 0 Å². The molecule has 0 aliphatic carbocycles. The number of ketones is 1. The quantitative estimate of drug-likeness (QED) is 0.498. The highest BCUT2D eigenvalue weighted by Gasteiger charge is 2.36. The van der Waals surface area contributed by atoms with Crippen molar-refractivity contribution >= 4 is 23.8 Å². The van der Waals surface area contributed by atoms with Crippen LogP contribution in [0.25, 0.3) is 6.08 Å². The van der Waals surface area contributed by atoms with Crippen LogP contribution >= 0.6 is 0 Å². The Kier molecular flexibility index (Phi) is 6.44. The number of hydrogen-bond acceptors (Lipinski definition) is 7. The van der Waals surface area contributed by atoms with Crippen molar-refractivity contribution < 1.29 is 33.4 Å². The highest BCUT2D eigenvalue weighted by atomic mass is 16.5. The maximum absolute atomic E-state index is 13.1. The molecular formula is C25H26O7. The molecule has 2 unspecified atom stereocenters. The van der Waals surface area contributed by atoms with Gasteiger partial charge in [-0.1, -0.05) is 12.2 Å². The van der Waals surface area contributed by atoms with Crippen LogP contribution in [0.3, 0.4) is 0 Å². The van der Waals surface area contributed by atoms with Crippen LogP contribution in [-0.4, -0.2) is 28.9 Å². The number of aromatic hydroxyl groups is 1. The first-order valence-corrected chi connectivity index (χ1v) is 11.0. The molecule has 1 aromatic carbocycles. The number of ether oxygens (including phenoxy) is 2. The molecule has 1 aromatic heterocycles. The summed E-state index contributed by atoms with van der Waals surface area (Å²) in [5, 5.41) is 11.2. The molecule has 0 fully saturated rings. The molecule has 2 atom stereocenters. The van der Waals surface area contributed by atoms with Crippen LogP contribution in [0.4, 0.5) is 0 Å². The van der Waals surface area contributed by atoms with Gasteiger partial charge in [0.25, 0.3) is 0 Å². The molecule has 2 aliphatic rings. The van der Waals surface area contributed by atoms with Crippen molar-refractivity contribution in [2.45, 2.75) is 63.9 Å². The molecule has 0 amide bonds. The van der Waals surface area contributed by atoms with Gasteiger partial charge in [0, 0.05) is 18.4 Å². The van der Waals surface area contributed by atoms with Crippen molar-refractivity contribution in [3.8, 4) is 11.5 Å². The van der Waals surface area contributed by atoms with E-state index in [9.17, 15) is 19.5 Å². The van der Waals surface area contributed by atoms with Crippen molar-refractivity contribution in [1.82, 2.24) is 0 Å². The lowest BCUT2D eigenvalue weighted by Gasteiger charge is -2.26. The zero-order valence-electron chi connectivity index (χ0n) is 18.0. The van der Waals surface area contributed by atoms with Crippen LogP contribution < -0.4 is 4.74 Å². The predicted molar refractivity (Wildman–Crippen MR) is 116 cm³/mol. The van der Waals surface area contributed by atoms with Crippen molar-refractivity contribution in [2.75, 3.05) is 0 Å². The van der Waals surface area contributed by atoms with E-state index in [-0.39, 0.29) is 29.3 Å². The van der Waals surface area contributed by atoms with Gasteiger partial charge in [0.15, 0.2) is 0 Å². The minimum atomic E-state index is -0.657. The number of cyclic esters (lactones) is 1. The molecule has 0 radical (unpaired) electrons. The molecule has 0 spiro atoms. The molecule has 0 bridgehead atoms. The van der Waals surface area contributed by atoms with Crippen molar-refractivity contribution in [2.24, 2.45) is 0 Å². The minimum Gasteiger partial charge on any atom is -0.507 e. The van der Waals surface area contributed by atoms with Gasteiger partial charge in [-0.05, 0) is 56.4 Å². The third-order valence-corrected chi connectivity index (χ3v) is 5.86. The normalized spacial score (nSPS) is 22.3. The molecule has 7 nitrogen and oxygen atoms in total. The third-order valence-electron chi connectivity index (χ3n) is 5.86. The van der Waals surface area contributed by atoms with Crippen molar-refractivity contribution in [3.63, 3.8) is 0 Å². The van der Waals surface area contributed by atoms with Crippen LogP contribution in [-0.2, 0) is 14.3 Å². The Morgan fingerprint density at radius 1 is 1.12 bits per heavy atom. The summed E-state index contributed by atoms with van der Waals surface area (Å²) in [5.41, 5.74) is 0.771. The van der Waals surface area contributed by atoms with Gasteiger partial charge in [-0.2, -0.15) is 0 Å². The van der Waals surface area contributed by atoms with E-state index < -0.39 is 24.0 Å². The van der Waals surface area contributed by atoms with E-state index in [0.717, 1.165) is 0 Å². The third kappa shape index (κ3) is 4.61. The molecule has 4 rings (SSSR count). The number of furan rings is 1. The number of Topliss-reactive ketones (excluding diaryl/α,β-unsaturated/α-hetero) is 1. The van der Waals surface area contributed by atoms with E-state index >= 15 is 0 Å². The topological polar surface area (TPSA) is 103 Å². The van der Waals surface area contributed by atoms with E-state index in [1.54, 1.807) is 31.2 Å². The number of allylic oxidation sites excluding steroid dienone is 1. The van der Waals surface area contributed by atoms with E-state index in [0.29, 0.717) is 55.4 Å². The lowest BCUT2D eigenvalue weighted by Crippen LogP contribution is -2.23. The van der Waals surface area contributed by atoms with Crippen LogP contribution in [0, 0.1) is 0 Å². The van der Waals surface area contributed by atoms with Gasteiger partial charge in [-0.15, -0.1) is 0 Å². The zero-order chi connectivity index (χ0) is 22.7. The Morgan fingerprint density at radius 3 is 2.72 bits per heavy atom. The number of fused-ring (bicyclic) bond motifs is 2. The lowest BCUT2D eigenvalue weighted by atomic mass is 9.86. The second-order valence-electron chi connectivity index (χ2n) is 8.29. The molecule has 168 valence electrons. The van der Waals surface area contributed by atoms with Crippen LogP contribution in [0.5, 0.6) is 11.5 Å². The average Bonchev–Trinajstić information content (AvgIpc) is 3.27. The lowest BCUT2D eigenvalue weighted by molar-refractivity contribution is -0.135. The second kappa shape index (κ2) is 9.42. The molecule has 0 saturated carbocycles. The van der Waals surface area contributed by atoms with Crippen LogP contribution in [0.15, 0.2) is 35.0 Å². The molecule has 32 heavy (non-hydrogen) atoms. The molecule has 2 aromatic rings. The standard InChI is InChI=1S/C25H26O7/c1-15-7-5-10-17(26)9-4-2-3-8-16-13-20-23(24(28)22(16)25(29)31-15)18(14-21(27)32-20)19-11-6-12-30-19/h3,6,8,11-13,15,18,28H,2,4-5,7,9-10,14H2,1H3. The van der Waals surface area contributed by atoms with Crippen molar-refractivity contribution in [3.05, 3.63) is 53.0 Å². The largest absolute Gasteiger partial charge is 0.507 e. The van der Waals surface area contributed by atoms with E-state index in [4.69, 9.17) is 13.9 Å². The molecular weight excluding hydrogens is 412 g/mol. The van der Waals surface area contributed by atoms with Crippen LogP contribution in [0.2, 0.25) is 0 Å². The summed E-state index contributed by atoms with van der Waals surface area (Å²) >= 11 is 0. The number of carbonyl (C=O) groups is 3. The summed E-state index contributed by atoms with van der Waals surface area (Å²) in [6, 6.07) is 5.01. The summed E-state index contributed by atoms with van der Waals surface area (Å²) < 4.78 is 16.5. The summed E-state index contributed by atoms with van der Waals surface area (Å²) in [6.45, 7) is 1.77. The maximum atomic E-state index is 13.1. The van der Waals surface area contributed by atoms with Gasteiger partial charge in [-0.25, -0.2) is 4.79 Å². The predicted octanol–water partition coefficient (Wildman–Crippen LogP) is 4.91. The monoisotopic (exact) mass is 438 g/mol. The minimum absolute atomic E-state index is 0.0117. The highest BCUT2D eigenvalue weighted by molar-refractivity contribution is 5.98. The van der Waals surface area contributed by atoms with Gasteiger partial charge >= 0.3 is 11.9 Å². The van der Waals surface area contributed by atoms with Gasteiger partial charge < -0.3 is 19.0 Å². The fourth-order valence-corrected chi connectivity index (χ4v) is 4.25. The molecule has 0 saturated heterocycles. The number of carbonyl (C=O) groups excluding carboxylic acids is 3. The Morgan fingerprint density at radius 2 is 1.94 bits per heavy atom. The number of phenols is 1. The highest BCUT2D eigenvalue weighted by Crippen LogP contribution is 2.47. The SMILES string of the molecule is CC1CCCC(=O)CCCC=Cc2cc3c(c(O)c2C(=O)O1)C(c1ccco1)CC(=O)O3. The summed E-state index contributed by atoms with van der Waals surface area (Å²) in [4.78, 5) is 37.3. The molecule has 1 N–H and O–H groups in total. The summed E-state index contributed by atoms with van der Waals surface area (Å²) in [6.07, 6.45) is 8.13. The fourth-order valence-electron chi connectivity index (χ4n) is 4.25. The Bertz CT molecular complexity index is 1050. The maximum Gasteiger partial charge on any atom is 0.342 e. The first-order chi connectivity index (χ1) is 15.4. The number of phenolic OH excluding ortho intramolecular Hbond substituents is 1. The van der Waals surface area contributed by atoms with E-state index in [1.165, 1.54) is 6.26 Å². The summed E-state index contributed by atoms with van der Waals surface area (Å²) in [5.74, 6) is -1.04. The molecule has 7 heteroatoms. The average molecular weight is 438 g/mol.